The van der Waals surface area contributed by atoms with Crippen LogP contribution in [0.15, 0.2) is 47.3 Å². The number of carbonyl (C=O) groups excluding carboxylic acids is 1. The normalized spacial score (nSPS) is 18.3. The number of benzene rings is 1. The molecule has 1 aliphatic heterocycles. The molecule has 9 heteroatoms. The van der Waals surface area contributed by atoms with Crippen LogP contribution in [0.25, 0.3) is 0 Å². The van der Waals surface area contributed by atoms with Crippen molar-refractivity contribution in [1.82, 2.24) is 4.98 Å². The summed E-state index contributed by atoms with van der Waals surface area (Å²) < 4.78 is 32.6. The fraction of sp³-hybridized carbons (Fsp3) is 0.200. The number of ketones is 1. The monoisotopic (exact) mass is 397 g/mol. The number of nitrogens with two attached hydrogens (primary N) is 2. The molecular formula is C20H17F2N5O2. The molecule has 1 aromatic carbocycles. The molecule has 148 valence electrons. The topological polar surface area (TPSA) is 127 Å². The van der Waals surface area contributed by atoms with Gasteiger partial charge in [0.25, 0.3) is 6.02 Å². The average molecular weight is 397 g/mol. The molecule has 2 heterocycles. The fourth-order valence-corrected chi connectivity index (χ4v) is 3.08. The first-order valence-electron chi connectivity index (χ1n) is 8.54. The minimum Gasteiger partial charge on any atom is -0.428 e. The van der Waals surface area contributed by atoms with Gasteiger partial charge in [0.1, 0.15) is 35.6 Å². The molecule has 0 saturated heterocycles. The lowest BCUT2D eigenvalue weighted by molar-refractivity contribution is 0.0989. The average Bonchev–Trinajstić information content (AvgIpc) is 2.68. The number of pyridine rings is 1. The van der Waals surface area contributed by atoms with E-state index in [2.05, 4.69) is 9.98 Å². The zero-order valence-electron chi connectivity index (χ0n) is 15.4. The summed E-state index contributed by atoms with van der Waals surface area (Å²) in [6, 6.07) is 7.08. The van der Waals surface area contributed by atoms with Gasteiger partial charge in [-0.3, -0.25) is 4.79 Å². The number of nitrogen functional groups attached to an aromatic ring is 1. The van der Waals surface area contributed by atoms with Gasteiger partial charge in [0.15, 0.2) is 5.78 Å². The van der Waals surface area contributed by atoms with Crippen LogP contribution in [0, 0.1) is 17.1 Å². The van der Waals surface area contributed by atoms with E-state index in [-0.39, 0.29) is 40.7 Å². The number of Topliss-reactive ketones (excluding diaryl/α,β-unsaturated/α-hetero) is 1. The van der Waals surface area contributed by atoms with Gasteiger partial charge in [0.2, 0.25) is 0 Å². The van der Waals surface area contributed by atoms with Crippen molar-refractivity contribution in [2.24, 2.45) is 10.7 Å². The maximum atomic E-state index is 14.5. The van der Waals surface area contributed by atoms with E-state index in [1.54, 1.807) is 6.92 Å². The smallest absolute Gasteiger partial charge is 0.288 e. The Hall–Kier alpha value is -3.80. The molecule has 1 aliphatic rings. The number of nitrogens with zero attached hydrogens (tertiary/aromatic N) is 3. The van der Waals surface area contributed by atoms with Crippen molar-refractivity contribution in [3.63, 3.8) is 0 Å². The number of aliphatic imine (C=N–C) groups is 1. The third-order valence-electron chi connectivity index (χ3n) is 4.40. The second kappa shape index (κ2) is 7.67. The van der Waals surface area contributed by atoms with Crippen molar-refractivity contribution < 1.29 is 18.3 Å². The molecule has 7 nitrogen and oxygen atoms in total. The van der Waals surface area contributed by atoms with Gasteiger partial charge in [0, 0.05) is 18.2 Å². The van der Waals surface area contributed by atoms with Crippen LogP contribution in [0.3, 0.4) is 0 Å². The van der Waals surface area contributed by atoms with Gasteiger partial charge in [-0.1, -0.05) is 6.07 Å². The van der Waals surface area contributed by atoms with Crippen molar-refractivity contribution in [2.75, 3.05) is 12.4 Å². The van der Waals surface area contributed by atoms with Crippen LogP contribution < -0.4 is 11.5 Å². The standard InChI is InChI=1S/C20H17F2N5O2/c1-20(7-13(8-21)29-19(25)27-20)14-4-11(2-3-15(14)22)6-17(28)18-16(24)5-12(9-23)10-26-18/h2-5,7,10H,6,8,24H2,1H3,(H2,25,27)/t20-/m0/s1. The first kappa shape index (κ1) is 19.9. The van der Waals surface area contributed by atoms with Crippen LogP contribution in [-0.2, 0) is 16.7 Å². The Morgan fingerprint density at radius 2 is 2.10 bits per heavy atom. The maximum absolute atomic E-state index is 14.5. The zero-order valence-corrected chi connectivity index (χ0v) is 15.4. The lowest BCUT2D eigenvalue weighted by Crippen LogP contribution is -2.31. The number of alkyl halides is 1. The SMILES string of the molecule is C[C@@]1(c2cc(CC(=O)c3ncc(C#N)cc3N)ccc2F)C=C(CF)OC(N)=N1. The summed E-state index contributed by atoms with van der Waals surface area (Å²) in [4.78, 5) is 20.6. The first-order chi connectivity index (χ1) is 13.8. The molecule has 0 aliphatic carbocycles. The summed E-state index contributed by atoms with van der Waals surface area (Å²) in [5.41, 5.74) is 11.0. The third kappa shape index (κ3) is 4.06. The summed E-state index contributed by atoms with van der Waals surface area (Å²) in [5.74, 6) is -1.06. The molecule has 0 bridgehead atoms. The van der Waals surface area contributed by atoms with Crippen molar-refractivity contribution in [2.45, 2.75) is 18.9 Å². The molecule has 0 unspecified atom stereocenters. The Morgan fingerprint density at radius 3 is 2.76 bits per heavy atom. The quantitative estimate of drug-likeness (QED) is 0.746. The highest BCUT2D eigenvalue weighted by atomic mass is 19.1. The van der Waals surface area contributed by atoms with E-state index in [4.69, 9.17) is 21.5 Å². The number of anilines is 1. The highest BCUT2D eigenvalue weighted by Crippen LogP contribution is 2.34. The van der Waals surface area contributed by atoms with Crippen LogP contribution in [0.4, 0.5) is 14.5 Å². The molecule has 3 rings (SSSR count). The second-order valence-electron chi connectivity index (χ2n) is 6.63. The van der Waals surface area contributed by atoms with E-state index >= 15 is 0 Å². The Balaban J connectivity index is 1.94. The lowest BCUT2D eigenvalue weighted by Gasteiger charge is -2.28. The van der Waals surface area contributed by atoms with Gasteiger partial charge in [-0.15, -0.1) is 0 Å². The summed E-state index contributed by atoms with van der Waals surface area (Å²) in [6.07, 6.45) is 2.49. The highest BCUT2D eigenvalue weighted by molar-refractivity contribution is 6.00. The molecule has 0 saturated carbocycles. The largest absolute Gasteiger partial charge is 0.428 e. The van der Waals surface area contributed by atoms with Gasteiger partial charge in [0.05, 0.1) is 11.3 Å². The van der Waals surface area contributed by atoms with E-state index in [9.17, 15) is 13.6 Å². The number of carbonyl (C=O) groups is 1. The van der Waals surface area contributed by atoms with Crippen molar-refractivity contribution in [1.29, 1.82) is 5.26 Å². The summed E-state index contributed by atoms with van der Waals surface area (Å²) in [5, 5.41) is 8.86. The Kier molecular flexibility index (Phi) is 5.28. The number of allylic oxidation sites excluding steroid dienone is 1. The van der Waals surface area contributed by atoms with E-state index in [1.807, 2.05) is 6.07 Å². The number of hydrogen-bond donors (Lipinski definition) is 2. The molecule has 0 amide bonds. The number of halogens is 2. The molecule has 0 fully saturated rings. The number of rotatable bonds is 5. The van der Waals surface area contributed by atoms with Gasteiger partial charge in [-0.2, -0.15) is 5.26 Å². The van der Waals surface area contributed by atoms with Crippen LogP contribution in [-0.4, -0.2) is 23.5 Å². The molecule has 1 atom stereocenters. The second-order valence-corrected chi connectivity index (χ2v) is 6.63. The number of hydrogen-bond acceptors (Lipinski definition) is 7. The summed E-state index contributed by atoms with van der Waals surface area (Å²) in [7, 11) is 0. The highest BCUT2D eigenvalue weighted by Gasteiger charge is 2.32. The van der Waals surface area contributed by atoms with Gasteiger partial charge in [-0.25, -0.2) is 18.8 Å². The zero-order chi connectivity index (χ0) is 21.2. The van der Waals surface area contributed by atoms with E-state index in [0.29, 0.717) is 5.56 Å². The number of aromatic nitrogens is 1. The maximum Gasteiger partial charge on any atom is 0.288 e. The number of ether oxygens (including phenoxy) is 1. The van der Waals surface area contributed by atoms with Crippen molar-refractivity contribution in [3.05, 3.63) is 70.5 Å². The molecule has 29 heavy (non-hydrogen) atoms. The minimum atomic E-state index is -1.29. The van der Waals surface area contributed by atoms with Crippen molar-refractivity contribution in [3.8, 4) is 6.07 Å². The van der Waals surface area contributed by atoms with Crippen molar-refractivity contribution >= 4 is 17.5 Å². The number of amidine groups is 1. The van der Waals surface area contributed by atoms with Gasteiger partial charge < -0.3 is 16.2 Å². The molecule has 0 spiro atoms. The van der Waals surface area contributed by atoms with Gasteiger partial charge in [-0.05, 0) is 36.8 Å². The number of nitriles is 1. The summed E-state index contributed by atoms with van der Waals surface area (Å²) in [6.45, 7) is 0.636. The predicted molar refractivity (Wildman–Crippen MR) is 102 cm³/mol. The first-order valence-corrected chi connectivity index (χ1v) is 8.54. The molecule has 1 aromatic heterocycles. The molecule has 4 N–H and O–H groups in total. The molecule has 2 aromatic rings. The van der Waals surface area contributed by atoms with Gasteiger partial charge >= 0.3 is 0 Å². The Labute approximate surface area is 165 Å². The van der Waals surface area contributed by atoms with Crippen LogP contribution in [0.1, 0.15) is 34.1 Å². The molecular weight excluding hydrogens is 380 g/mol. The molecule has 0 radical (unpaired) electrons. The minimum absolute atomic E-state index is 0.0222. The van der Waals surface area contributed by atoms with E-state index < -0.39 is 23.8 Å². The Morgan fingerprint density at radius 1 is 1.34 bits per heavy atom. The van der Waals surface area contributed by atoms with Crippen LogP contribution in [0.2, 0.25) is 0 Å². The fourth-order valence-electron chi connectivity index (χ4n) is 3.08. The van der Waals surface area contributed by atoms with Crippen LogP contribution in [0.5, 0.6) is 0 Å². The lowest BCUT2D eigenvalue weighted by atomic mass is 9.88. The third-order valence-corrected chi connectivity index (χ3v) is 4.40. The van der Waals surface area contributed by atoms with E-state index in [0.717, 1.165) is 0 Å². The summed E-state index contributed by atoms with van der Waals surface area (Å²) >= 11 is 0. The van der Waals surface area contributed by atoms with Crippen LogP contribution >= 0.6 is 0 Å². The predicted octanol–water partition coefficient (Wildman–Crippen LogP) is 2.51. The van der Waals surface area contributed by atoms with E-state index in [1.165, 1.54) is 36.5 Å². The Bertz CT molecular complexity index is 1090.